The number of hydrogen-bond acceptors (Lipinski definition) is 2. The van der Waals surface area contributed by atoms with Crippen molar-refractivity contribution in [2.75, 3.05) is 6.54 Å². The van der Waals surface area contributed by atoms with Gasteiger partial charge in [-0.3, -0.25) is 14.7 Å². The zero-order chi connectivity index (χ0) is 16.0. The van der Waals surface area contributed by atoms with Crippen LogP contribution in [-0.2, 0) is 6.42 Å². The molecule has 2 aromatic heterocycles. The molecule has 0 atom stereocenters. The highest BCUT2D eigenvalue weighted by molar-refractivity contribution is 5.97. The summed E-state index contributed by atoms with van der Waals surface area (Å²) in [6.07, 6.45) is 0.718. The minimum atomic E-state index is -0.419. The van der Waals surface area contributed by atoms with Gasteiger partial charge in [-0.05, 0) is 24.3 Å². The Bertz CT molecular complexity index is 967. The zero-order valence-electron chi connectivity index (χ0n) is 12.0. The maximum absolute atomic E-state index is 13.3. The minimum absolute atomic E-state index is 0.124. The van der Waals surface area contributed by atoms with E-state index in [4.69, 9.17) is 0 Å². The Morgan fingerprint density at radius 1 is 1.09 bits per heavy atom. The molecule has 116 valence electrons. The van der Waals surface area contributed by atoms with Crippen LogP contribution in [0, 0.1) is 5.82 Å². The van der Waals surface area contributed by atoms with Crippen molar-refractivity contribution in [3.8, 4) is 17.1 Å². The molecule has 6 nitrogen and oxygen atoms in total. The highest BCUT2D eigenvalue weighted by Crippen LogP contribution is 2.22. The molecule has 4 rings (SSSR count). The molecule has 0 saturated carbocycles. The van der Waals surface area contributed by atoms with Crippen molar-refractivity contribution >= 4 is 5.91 Å². The number of nitrogens with zero attached hydrogens (tertiary/aromatic N) is 1. The fraction of sp³-hybridized carbons (Fsp3) is 0.125. The fourth-order valence-electron chi connectivity index (χ4n) is 2.78. The largest absolute Gasteiger partial charge is 0.356 e. The number of benzene rings is 1. The van der Waals surface area contributed by atoms with E-state index in [9.17, 15) is 14.0 Å². The topological polar surface area (TPSA) is 82.7 Å². The third kappa shape index (κ3) is 2.26. The molecule has 23 heavy (non-hydrogen) atoms. The van der Waals surface area contributed by atoms with Gasteiger partial charge in [0.05, 0.1) is 22.6 Å². The summed E-state index contributed by atoms with van der Waals surface area (Å²) in [5, 5.41) is 5.71. The first kappa shape index (κ1) is 13.6. The van der Waals surface area contributed by atoms with Gasteiger partial charge in [-0.15, -0.1) is 0 Å². The van der Waals surface area contributed by atoms with Crippen LogP contribution in [0.25, 0.3) is 17.1 Å². The van der Waals surface area contributed by atoms with Crippen LogP contribution < -0.4 is 10.9 Å². The third-order valence-electron chi connectivity index (χ3n) is 3.88. The number of amides is 1. The third-order valence-corrected chi connectivity index (χ3v) is 3.88. The zero-order valence-corrected chi connectivity index (χ0v) is 12.0. The van der Waals surface area contributed by atoms with E-state index in [1.807, 2.05) is 0 Å². The van der Waals surface area contributed by atoms with Gasteiger partial charge in [-0.25, -0.2) is 9.07 Å². The molecule has 1 aromatic carbocycles. The van der Waals surface area contributed by atoms with Crippen LogP contribution in [-0.4, -0.2) is 27.2 Å². The van der Waals surface area contributed by atoms with Crippen LogP contribution in [0.5, 0.6) is 0 Å². The van der Waals surface area contributed by atoms with Gasteiger partial charge in [0, 0.05) is 24.7 Å². The summed E-state index contributed by atoms with van der Waals surface area (Å²) in [6.45, 7) is 0.590. The number of carbonyl (C=O) groups excluding carboxylic acids is 1. The molecule has 1 amide bonds. The molecule has 0 spiro atoms. The summed E-state index contributed by atoms with van der Waals surface area (Å²) in [4.78, 5) is 27.1. The van der Waals surface area contributed by atoms with E-state index in [1.54, 1.807) is 12.1 Å². The first-order valence-electron chi connectivity index (χ1n) is 7.20. The molecule has 7 heteroatoms. The monoisotopic (exact) mass is 312 g/mol. The molecule has 0 saturated heterocycles. The summed E-state index contributed by atoms with van der Waals surface area (Å²) in [7, 11) is 0. The standard InChI is InChI=1S/C16H13FN4O2/c17-9-2-1-3-10(6-9)21-15(22)8-14(20-21)13-7-11-12(19-13)4-5-18-16(11)23/h1-3,6-8,19-20H,4-5H2,(H,18,23). The van der Waals surface area contributed by atoms with Gasteiger partial charge in [-0.1, -0.05) is 6.07 Å². The first-order chi connectivity index (χ1) is 11.1. The molecule has 0 radical (unpaired) electrons. The summed E-state index contributed by atoms with van der Waals surface area (Å²) >= 11 is 0. The lowest BCUT2D eigenvalue weighted by molar-refractivity contribution is 0.0946. The maximum atomic E-state index is 13.3. The molecule has 1 aliphatic heterocycles. The summed E-state index contributed by atoms with van der Waals surface area (Å²) in [5.74, 6) is -0.543. The summed E-state index contributed by atoms with van der Waals surface area (Å²) in [5.41, 5.74) is 2.74. The number of H-pyrrole nitrogens is 2. The van der Waals surface area contributed by atoms with Crippen LogP contribution in [0.1, 0.15) is 16.1 Å². The van der Waals surface area contributed by atoms with Crippen molar-refractivity contribution in [2.45, 2.75) is 6.42 Å². The molecule has 3 heterocycles. The predicted octanol–water partition coefficient (Wildman–Crippen LogP) is 1.59. The van der Waals surface area contributed by atoms with Gasteiger partial charge in [-0.2, -0.15) is 0 Å². The van der Waals surface area contributed by atoms with E-state index >= 15 is 0 Å². The molecule has 0 unspecified atom stereocenters. The number of hydrogen-bond donors (Lipinski definition) is 3. The van der Waals surface area contributed by atoms with Crippen molar-refractivity contribution in [1.82, 2.24) is 20.1 Å². The minimum Gasteiger partial charge on any atom is -0.356 e. The highest BCUT2D eigenvalue weighted by atomic mass is 19.1. The molecule has 1 aliphatic rings. The number of nitrogens with one attached hydrogen (secondary N) is 3. The van der Waals surface area contributed by atoms with Gasteiger partial charge < -0.3 is 10.3 Å². The number of carbonyl (C=O) groups is 1. The smallest absolute Gasteiger partial charge is 0.271 e. The van der Waals surface area contributed by atoms with Crippen LogP contribution >= 0.6 is 0 Å². The van der Waals surface area contributed by atoms with Crippen LogP contribution in [0.15, 0.2) is 41.2 Å². The van der Waals surface area contributed by atoms with E-state index in [0.717, 1.165) is 12.1 Å². The second-order valence-corrected chi connectivity index (χ2v) is 5.40. The van der Waals surface area contributed by atoms with Gasteiger partial charge >= 0.3 is 0 Å². The molecule has 3 N–H and O–H groups in total. The first-order valence-corrected chi connectivity index (χ1v) is 7.20. The highest BCUT2D eigenvalue weighted by Gasteiger charge is 2.20. The van der Waals surface area contributed by atoms with Gasteiger partial charge in [0.15, 0.2) is 0 Å². The fourth-order valence-corrected chi connectivity index (χ4v) is 2.78. The Morgan fingerprint density at radius 3 is 2.74 bits per heavy atom. The molecular formula is C16H13FN4O2. The van der Waals surface area contributed by atoms with Crippen molar-refractivity contribution < 1.29 is 9.18 Å². The Kier molecular flexibility index (Phi) is 2.94. The van der Waals surface area contributed by atoms with Crippen LogP contribution in [0.3, 0.4) is 0 Å². The molecule has 0 bridgehead atoms. The van der Waals surface area contributed by atoms with Gasteiger partial charge in [0.2, 0.25) is 0 Å². The Balaban J connectivity index is 1.78. The van der Waals surface area contributed by atoms with E-state index < -0.39 is 5.82 Å². The normalized spacial score (nSPS) is 13.7. The number of rotatable bonds is 2. The molecule has 0 fully saturated rings. The van der Waals surface area contributed by atoms with E-state index in [0.29, 0.717) is 29.2 Å². The average molecular weight is 312 g/mol. The van der Waals surface area contributed by atoms with E-state index in [1.165, 1.54) is 28.9 Å². The SMILES string of the molecule is O=C1NCCc2[nH]c(-c3cc(=O)n(-c4cccc(F)c4)[nH]3)cc21. The predicted molar refractivity (Wildman–Crippen MR) is 82.2 cm³/mol. The average Bonchev–Trinajstić information content (AvgIpc) is 3.11. The second-order valence-electron chi connectivity index (χ2n) is 5.40. The van der Waals surface area contributed by atoms with Crippen molar-refractivity contribution in [2.24, 2.45) is 0 Å². The number of halogens is 1. The summed E-state index contributed by atoms with van der Waals surface area (Å²) in [6, 6.07) is 8.89. The van der Waals surface area contributed by atoms with Crippen molar-refractivity contribution in [3.05, 3.63) is 63.8 Å². The molecule has 3 aromatic rings. The Morgan fingerprint density at radius 2 is 1.96 bits per heavy atom. The van der Waals surface area contributed by atoms with Crippen molar-refractivity contribution in [1.29, 1.82) is 0 Å². The van der Waals surface area contributed by atoms with E-state index in [-0.39, 0.29) is 11.5 Å². The molecular weight excluding hydrogens is 299 g/mol. The number of fused-ring (bicyclic) bond motifs is 1. The van der Waals surface area contributed by atoms with Gasteiger partial charge in [0.25, 0.3) is 11.5 Å². The Hall–Kier alpha value is -3.09. The molecule has 0 aliphatic carbocycles. The lowest BCUT2D eigenvalue weighted by atomic mass is 10.1. The number of aromatic nitrogens is 3. The van der Waals surface area contributed by atoms with Crippen molar-refractivity contribution in [3.63, 3.8) is 0 Å². The van der Waals surface area contributed by atoms with Crippen LogP contribution in [0.4, 0.5) is 4.39 Å². The Labute approximate surface area is 129 Å². The number of aromatic amines is 2. The lowest BCUT2D eigenvalue weighted by Crippen LogP contribution is -2.31. The van der Waals surface area contributed by atoms with E-state index in [2.05, 4.69) is 15.4 Å². The van der Waals surface area contributed by atoms with Gasteiger partial charge in [0.1, 0.15) is 5.82 Å². The second kappa shape index (κ2) is 4.98. The quantitative estimate of drug-likeness (QED) is 0.671. The lowest BCUT2D eigenvalue weighted by Gasteiger charge is -2.10. The van der Waals surface area contributed by atoms with Crippen LogP contribution in [0.2, 0.25) is 0 Å². The maximum Gasteiger partial charge on any atom is 0.271 e. The summed E-state index contributed by atoms with van der Waals surface area (Å²) < 4.78 is 14.6.